The summed E-state index contributed by atoms with van der Waals surface area (Å²) in [6.45, 7) is 0. The zero-order valence-electron chi connectivity index (χ0n) is 3.60. The van der Waals surface area contributed by atoms with E-state index in [0.717, 1.165) is 0 Å². The molecule has 0 spiro atoms. The van der Waals surface area contributed by atoms with Crippen LogP contribution in [0.15, 0.2) is 0 Å². The summed E-state index contributed by atoms with van der Waals surface area (Å²) in [6, 6.07) is 0. The van der Waals surface area contributed by atoms with Crippen molar-refractivity contribution in [1.82, 2.24) is 0 Å². The van der Waals surface area contributed by atoms with Crippen molar-refractivity contribution in [3.63, 3.8) is 0 Å². The molecule has 0 aromatic carbocycles. The number of carbonyl (C=O) groups excluding carboxylic acids is 1. The Hall–Kier alpha value is 0.576. The Labute approximate surface area is 71.8 Å². The number of hydrogen-bond acceptors (Lipinski definition) is 4. The summed E-state index contributed by atoms with van der Waals surface area (Å²) in [6.07, 6.45) is -2.33. The normalized spacial score (nSPS) is 5.25. The first-order chi connectivity index (χ1) is 3.15. The van der Waals surface area contributed by atoms with Crippen molar-refractivity contribution in [3.05, 3.63) is 0 Å². The van der Waals surface area contributed by atoms with Crippen LogP contribution in [-0.4, -0.2) is 29.2 Å². The molecule has 0 aliphatic rings. The van der Waals surface area contributed by atoms with Gasteiger partial charge in [-0.2, -0.15) is 3.84 Å². The molecule has 0 radical (unpaired) electrons. The summed E-state index contributed by atoms with van der Waals surface area (Å²) >= 11 is 8.53. The Morgan fingerprint density at radius 3 is 1.38 bits per heavy atom. The number of carboxylic acid groups (broad SMARTS) is 2. The van der Waals surface area contributed by atoms with Crippen molar-refractivity contribution in [2.24, 2.45) is 0 Å². The van der Waals surface area contributed by atoms with Crippen molar-refractivity contribution in [2.75, 3.05) is 0 Å². The largest absolute Gasteiger partial charge is 2.00 e. The monoisotopic (exact) mass is 170 g/mol. The molecule has 0 fully saturated rings. The van der Waals surface area contributed by atoms with Gasteiger partial charge in [-0.1, -0.05) is 0 Å². The second-order valence-electron chi connectivity index (χ2n) is 0.308. The van der Waals surface area contributed by atoms with Crippen LogP contribution < -0.4 is 10.2 Å². The smallest absolute Gasteiger partial charge is 0.652 e. The van der Waals surface area contributed by atoms with E-state index in [2.05, 4.69) is 27.6 Å². The molecule has 0 saturated heterocycles. The minimum atomic E-state index is -2.33. The Kier molecular flexibility index (Phi) is 31.0. The maximum Gasteiger partial charge on any atom is 2.00 e. The molecule has 0 atom stereocenters. The van der Waals surface area contributed by atoms with Crippen LogP contribution in [0.1, 0.15) is 0 Å². The van der Waals surface area contributed by atoms with Gasteiger partial charge in [-0.3, -0.25) is 0 Å². The second-order valence-corrected chi connectivity index (χ2v) is 0.775. The molecule has 0 heterocycles. The molecule has 8 heavy (non-hydrogen) atoms. The fourth-order valence-electron chi connectivity index (χ4n) is 0. The molecular weight excluding hydrogens is 171 g/mol. The van der Waals surface area contributed by atoms with E-state index in [4.69, 9.17) is 15.0 Å². The fourth-order valence-corrected chi connectivity index (χ4v) is 0. The van der Waals surface area contributed by atoms with Gasteiger partial charge in [0, 0.05) is 0 Å². The third-order valence-electron chi connectivity index (χ3n) is 0. The van der Waals surface area contributed by atoms with Crippen LogP contribution in [0.2, 0.25) is 0 Å². The predicted molar refractivity (Wildman–Crippen MR) is 23.9 cm³/mol. The van der Waals surface area contributed by atoms with E-state index in [1.807, 2.05) is 0 Å². The summed E-state index contributed by atoms with van der Waals surface area (Å²) in [4.78, 5) is 8.33. The summed E-state index contributed by atoms with van der Waals surface area (Å²) < 4.78 is 3.19. The van der Waals surface area contributed by atoms with E-state index in [-0.39, 0.29) is 23.1 Å². The van der Waals surface area contributed by atoms with Crippen LogP contribution in [0.3, 0.4) is 0 Å². The SMILES string of the molecule is ClOCl.O=C([O-])[O-].[Mg+2]. The minimum absolute atomic E-state index is 0. The zero-order valence-corrected chi connectivity index (χ0v) is 6.52. The van der Waals surface area contributed by atoms with E-state index in [0.29, 0.717) is 0 Å². The van der Waals surface area contributed by atoms with Gasteiger partial charge in [-0.05, 0) is 6.16 Å². The van der Waals surface area contributed by atoms with Crippen LogP contribution in [0.4, 0.5) is 4.79 Å². The van der Waals surface area contributed by atoms with Gasteiger partial charge in [0.15, 0.2) is 0 Å². The van der Waals surface area contributed by atoms with Crippen LogP contribution >= 0.6 is 23.7 Å². The molecule has 4 nitrogen and oxygen atoms in total. The summed E-state index contributed by atoms with van der Waals surface area (Å²) in [7, 11) is 0. The van der Waals surface area contributed by atoms with Gasteiger partial charge >= 0.3 is 23.1 Å². The minimum Gasteiger partial charge on any atom is -0.652 e. The van der Waals surface area contributed by atoms with Gasteiger partial charge in [0.05, 0.1) is 23.7 Å². The second kappa shape index (κ2) is 15.6. The quantitative estimate of drug-likeness (QED) is 0.415. The summed E-state index contributed by atoms with van der Waals surface area (Å²) in [5, 5.41) is 16.7. The molecule has 0 rings (SSSR count). The molecule has 0 unspecified atom stereocenters. The van der Waals surface area contributed by atoms with Gasteiger partial charge in [0.2, 0.25) is 0 Å². The molecule has 44 valence electrons. The van der Waals surface area contributed by atoms with Crippen LogP contribution in [0, 0.1) is 0 Å². The fraction of sp³-hybridized carbons (Fsp3) is 0. The van der Waals surface area contributed by atoms with Gasteiger partial charge in [0.25, 0.3) is 0 Å². The standard InChI is InChI=1S/CH2O3.Cl2O.Mg/c2-1(3)4;1-3-2;/h(H2,2,3,4);;/q;;+2/p-2. The first-order valence-electron chi connectivity index (χ1n) is 0.921. The Balaban J connectivity index is -0.0000000575. The van der Waals surface area contributed by atoms with Crippen molar-refractivity contribution in [1.29, 1.82) is 0 Å². The molecule has 0 aliphatic carbocycles. The Morgan fingerprint density at radius 2 is 1.38 bits per heavy atom. The van der Waals surface area contributed by atoms with Crippen molar-refractivity contribution in [3.8, 4) is 0 Å². The first kappa shape index (κ1) is 15.8. The van der Waals surface area contributed by atoms with Crippen LogP contribution in [-0.2, 0) is 3.84 Å². The zero-order chi connectivity index (χ0) is 6.28. The molecule has 0 aromatic rings. The van der Waals surface area contributed by atoms with Gasteiger partial charge in [0.1, 0.15) is 0 Å². The Bertz CT molecular complexity index is 45.3. The predicted octanol–water partition coefficient (Wildman–Crippen LogP) is -1.52. The number of rotatable bonds is 0. The summed E-state index contributed by atoms with van der Waals surface area (Å²) in [5.74, 6) is 0. The maximum atomic E-state index is 8.33. The topological polar surface area (TPSA) is 72.4 Å². The number of hydrogen-bond donors (Lipinski definition) is 0. The maximum absolute atomic E-state index is 8.33. The van der Waals surface area contributed by atoms with Crippen LogP contribution in [0.5, 0.6) is 0 Å². The molecule has 0 amide bonds. The third kappa shape index (κ3) is 616. The molecule has 0 aliphatic heterocycles. The average Bonchev–Trinajstić information content (AvgIpc) is 1.33. The van der Waals surface area contributed by atoms with Crippen molar-refractivity contribution >= 4 is 52.9 Å². The molecule has 0 N–H and O–H groups in total. The molecular formula is CCl2MgO4. The number of carbonyl (C=O) groups is 1. The van der Waals surface area contributed by atoms with E-state index in [1.165, 1.54) is 0 Å². The van der Waals surface area contributed by atoms with Gasteiger partial charge in [-0.25, -0.2) is 0 Å². The van der Waals surface area contributed by atoms with E-state index in [1.54, 1.807) is 0 Å². The van der Waals surface area contributed by atoms with Crippen LogP contribution in [0.25, 0.3) is 0 Å². The molecule has 7 heteroatoms. The van der Waals surface area contributed by atoms with Crippen molar-refractivity contribution < 1.29 is 18.8 Å². The first-order valence-corrected chi connectivity index (χ1v) is 1.54. The van der Waals surface area contributed by atoms with Crippen molar-refractivity contribution in [2.45, 2.75) is 0 Å². The van der Waals surface area contributed by atoms with E-state index in [9.17, 15) is 0 Å². The number of halogens is 2. The van der Waals surface area contributed by atoms with E-state index >= 15 is 0 Å². The third-order valence-corrected chi connectivity index (χ3v) is 0. The van der Waals surface area contributed by atoms with Gasteiger partial charge < -0.3 is 15.0 Å². The van der Waals surface area contributed by atoms with Gasteiger partial charge in [-0.15, -0.1) is 0 Å². The summed E-state index contributed by atoms with van der Waals surface area (Å²) in [5.41, 5.74) is 0. The molecule has 0 bridgehead atoms. The average molecular weight is 171 g/mol. The molecule has 0 saturated carbocycles. The molecule has 0 aromatic heterocycles. The Morgan fingerprint density at radius 1 is 1.38 bits per heavy atom. The van der Waals surface area contributed by atoms with E-state index < -0.39 is 6.16 Å².